The van der Waals surface area contributed by atoms with Crippen LogP contribution in [0.4, 0.5) is 0 Å². The van der Waals surface area contributed by atoms with Gasteiger partial charge in [0.2, 0.25) is 5.96 Å². The number of aromatic nitrogens is 1. The van der Waals surface area contributed by atoms with E-state index in [0.29, 0.717) is 5.75 Å². The highest BCUT2D eigenvalue weighted by Gasteiger charge is 2.26. The highest BCUT2D eigenvalue weighted by Crippen LogP contribution is 2.37. The molecule has 3 rings (SSSR count). The van der Waals surface area contributed by atoms with E-state index in [1.807, 2.05) is 24.1 Å². The number of nitrogens with one attached hydrogen (secondary N) is 2. The molecule has 1 aliphatic rings. The van der Waals surface area contributed by atoms with Crippen LogP contribution in [0.3, 0.4) is 0 Å². The fourth-order valence-corrected chi connectivity index (χ4v) is 3.42. The fourth-order valence-electron chi connectivity index (χ4n) is 3.42. The van der Waals surface area contributed by atoms with Gasteiger partial charge in [-0.05, 0) is 42.5 Å². The third kappa shape index (κ3) is 3.65. The molecule has 6 heteroatoms. The number of fused-ring (bicyclic) bond motifs is 1. The van der Waals surface area contributed by atoms with Gasteiger partial charge >= 0.3 is 0 Å². The summed E-state index contributed by atoms with van der Waals surface area (Å²) in [5.41, 5.74) is 8.76. The molecule has 6 nitrogen and oxygen atoms in total. The number of pyridine rings is 1. The molecule has 26 heavy (non-hydrogen) atoms. The van der Waals surface area contributed by atoms with Crippen molar-refractivity contribution in [2.75, 3.05) is 13.6 Å². The topological polar surface area (TPSA) is 91.1 Å². The average Bonchev–Trinajstić information content (AvgIpc) is 2.65. The Bertz CT molecular complexity index is 844. The summed E-state index contributed by atoms with van der Waals surface area (Å²) in [6.07, 6.45) is 4.36. The zero-order valence-electron chi connectivity index (χ0n) is 15.4. The maximum Gasteiger partial charge on any atom is 0.203 e. The van der Waals surface area contributed by atoms with E-state index in [9.17, 15) is 0 Å². The summed E-state index contributed by atoms with van der Waals surface area (Å²) in [7, 11) is 1.87. The maximum absolute atomic E-state index is 8.34. The molecule has 0 amide bonds. The molecule has 1 heterocycles. The Morgan fingerprint density at radius 1 is 1.23 bits per heavy atom. The highest BCUT2D eigenvalue weighted by molar-refractivity contribution is 5.79. The summed E-state index contributed by atoms with van der Waals surface area (Å²) < 4.78 is 7.79. The fraction of sp³-hybridized carbons (Fsp3) is 0.400. The molecular formula is C20H27N5O. The summed E-state index contributed by atoms with van der Waals surface area (Å²) in [4.78, 5) is 1.83. The highest BCUT2D eigenvalue weighted by atomic mass is 16.5. The van der Waals surface area contributed by atoms with Crippen molar-refractivity contribution >= 4 is 5.96 Å². The average molecular weight is 353 g/mol. The lowest BCUT2D eigenvalue weighted by Crippen LogP contribution is -2.38. The van der Waals surface area contributed by atoms with Crippen LogP contribution in [0.2, 0.25) is 0 Å². The smallest absolute Gasteiger partial charge is 0.203 e. The van der Waals surface area contributed by atoms with E-state index in [4.69, 9.17) is 21.3 Å². The van der Waals surface area contributed by atoms with Crippen LogP contribution in [0, 0.1) is 10.8 Å². The Morgan fingerprint density at radius 3 is 2.69 bits per heavy atom. The number of hydrogen-bond acceptors (Lipinski definition) is 4. The number of benzene rings is 1. The molecule has 0 radical (unpaired) electrons. The second kappa shape index (κ2) is 7.74. The van der Waals surface area contributed by atoms with Crippen molar-refractivity contribution in [3.05, 3.63) is 59.2 Å². The number of rotatable bonds is 4. The zero-order chi connectivity index (χ0) is 18.7. The van der Waals surface area contributed by atoms with E-state index in [1.54, 1.807) is 22.9 Å². The van der Waals surface area contributed by atoms with E-state index < -0.39 is 0 Å². The van der Waals surface area contributed by atoms with Crippen LogP contribution in [-0.4, -0.2) is 29.0 Å². The number of nitrogens with zero attached hydrogens (tertiary/aromatic N) is 2. The van der Waals surface area contributed by atoms with E-state index >= 15 is 0 Å². The van der Waals surface area contributed by atoms with E-state index in [-0.39, 0.29) is 23.6 Å². The van der Waals surface area contributed by atoms with Gasteiger partial charge in [0, 0.05) is 19.6 Å². The van der Waals surface area contributed by atoms with Gasteiger partial charge in [-0.2, -0.15) is 0 Å². The van der Waals surface area contributed by atoms with Crippen molar-refractivity contribution in [3.8, 4) is 5.75 Å². The Balaban J connectivity index is 1.86. The van der Waals surface area contributed by atoms with Crippen LogP contribution >= 0.6 is 0 Å². The molecule has 4 N–H and O–H groups in total. The lowest BCUT2D eigenvalue weighted by atomic mass is 9.86. The molecule has 0 fully saturated rings. The Hall–Kier alpha value is -2.60. The minimum atomic E-state index is -0.0569. The van der Waals surface area contributed by atoms with E-state index in [0.717, 1.165) is 36.9 Å². The van der Waals surface area contributed by atoms with Crippen LogP contribution in [0.1, 0.15) is 49.5 Å². The first kappa shape index (κ1) is 18.2. The first-order valence-corrected chi connectivity index (χ1v) is 9.09. The van der Waals surface area contributed by atoms with Crippen LogP contribution in [0.5, 0.6) is 5.75 Å². The lowest BCUT2D eigenvalue weighted by Gasteiger charge is -2.30. The molecule has 0 aliphatic heterocycles. The first-order valence-electron chi connectivity index (χ1n) is 9.09. The summed E-state index contributed by atoms with van der Waals surface area (Å²) in [5.74, 6) is 0.930. The van der Waals surface area contributed by atoms with Gasteiger partial charge in [-0.1, -0.05) is 31.2 Å². The van der Waals surface area contributed by atoms with Gasteiger partial charge in [0.05, 0.1) is 6.20 Å². The largest absolute Gasteiger partial charge is 0.484 e. The van der Waals surface area contributed by atoms with Crippen LogP contribution in [0.25, 0.3) is 0 Å². The Labute approximate surface area is 154 Å². The van der Waals surface area contributed by atoms with Gasteiger partial charge in [-0.15, -0.1) is 0 Å². The molecule has 0 spiro atoms. The van der Waals surface area contributed by atoms with Crippen molar-refractivity contribution in [2.24, 2.45) is 5.73 Å². The maximum atomic E-state index is 8.34. The van der Waals surface area contributed by atoms with E-state index in [1.165, 1.54) is 0 Å². The molecule has 1 aliphatic carbocycles. The van der Waals surface area contributed by atoms with Crippen molar-refractivity contribution in [2.45, 2.75) is 38.3 Å². The second-order valence-corrected chi connectivity index (χ2v) is 6.78. The Kier molecular flexibility index (Phi) is 5.42. The molecule has 138 valence electrons. The summed E-state index contributed by atoms with van der Waals surface area (Å²) in [6, 6.07) is 11.7. The summed E-state index contributed by atoms with van der Waals surface area (Å²) >= 11 is 0. The molecule has 1 aromatic heterocycles. The minimum absolute atomic E-state index is 0.0569. The quantitative estimate of drug-likeness (QED) is 0.583. The molecule has 0 saturated heterocycles. The summed E-state index contributed by atoms with van der Waals surface area (Å²) in [5, 5.41) is 16.4. The minimum Gasteiger partial charge on any atom is -0.484 e. The van der Waals surface area contributed by atoms with Crippen LogP contribution in [-0.2, 0) is 0 Å². The zero-order valence-corrected chi connectivity index (χ0v) is 15.4. The first-order chi connectivity index (χ1) is 12.5. The Morgan fingerprint density at radius 2 is 1.96 bits per heavy atom. The molecule has 2 aromatic rings. The second-order valence-electron chi connectivity index (χ2n) is 6.78. The van der Waals surface area contributed by atoms with Gasteiger partial charge in [0.1, 0.15) is 17.3 Å². The molecular weight excluding hydrogens is 326 g/mol. The monoisotopic (exact) mass is 353 g/mol. The summed E-state index contributed by atoms with van der Waals surface area (Å²) in [6.45, 7) is 2.84. The van der Waals surface area contributed by atoms with Gasteiger partial charge in [-0.3, -0.25) is 15.4 Å². The normalized spacial score (nSPS) is 18.9. The van der Waals surface area contributed by atoms with Gasteiger partial charge in [0.15, 0.2) is 0 Å². The number of nitrogens with two attached hydrogens (primary N) is 1. The molecule has 0 unspecified atom stereocenters. The van der Waals surface area contributed by atoms with Gasteiger partial charge in [-0.25, -0.2) is 0 Å². The number of ether oxygens (including phenoxy) is 1. The van der Waals surface area contributed by atoms with Gasteiger partial charge in [0.25, 0.3) is 0 Å². The van der Waals surface area contributed by atoms with Crippen molar-refractivity contribution < 1.29 is 4.74 Å². The van der Waals surface area contributed by atoms with Crippen LogP contribution in [0.15, 0.2) is 42.6 Å². The number of hydrogen-bond donors (Lipinski definition) is 3. The molecule has 2 atom stereocenters. The molecule has 1 aromatic carbocycles. The molecule has 0 saturated carbocycles. The predicted octanol–water partition coefficient (Wildman–Crippen LogP) is 3.01. The standard InChI is InChI=1S/C20H27N5O/c1-3-12-24(2)20(23)25-13-14(8-11-19(25)22)26-18-10-9-17(21)15-6-4-5-7-16(15)18/h4-8,11,13,17-18,22-23H,3,9-10,12,21H2,1-2H3/t17-,18+/m0/s1. The SMILES string of the molecule is CCCN(C)C(=N)n1cc(O[C@@H]2CC[C@H](N)c3ccccc32)ccc1=N. The lowest BCUT2D eigenvalue weighted by molar-refractivity contribution is 0.176. The van der Waals surface area contributed by atoms with Crippen molar-refractivity contribution in [1.82, 2.24) is 9.47 Å². The third-order valence-electron chi connectivity index (χ3n) is 4.83. The molecule has 0 bridgehead atoms. The third-order valence-corrected chi connectivity index (χ3v) is 4.83. The van der Waals surface area contributed by atoms with E-state index in [2.05, 4.69) is 19.1 Å². The van der Waals surface area contributed by atoms with Crippen molar-refractivity contribution in [1.29, 1.82) is 10.8 Å². The van der Waals surface area contributed by atoms with Gasteiger partial charge < -0.3 is 15.4 Å². The van der Waals surface area contributed by atoms with Crippen LogP contribution < -0.4 is 16.0 Å². The van der Waals surface area contributed by atoms with Crippen molar-refractivity contribution in [3.63, 3.8) is 0 Å². The predicted molar refractivity (Wildman–Crippen MR) is 102 cm³/mol.